The van der Waals surface area contributed by atoms with Crippen molar-refractivity contribution in [1.29, 1.82) is 0 Å². The molecule has 0 atom stereocenters. The Morgan fingerprint density at radius 2 is 1.74 bits per heavy atom. The molecule has 4 rings (SSSR count). The van der Waals surface area contributed by atoms with Crippen LogP contribution in [0.1, 0.15) is 20.8 Å². The van der Waals surface area contributed by atoms with Gasteiger partial charge in [0.1, 0.15) is 17.7 Å². The molecule has 10 heteroatoms. The van der Waals surface area contributed by atoms with Crippen LogP contribution in [0.2, 0.25) is 0 Å². The number of rotatable bonds is 2. The number of phenols is 1. The zero-order valence-corrected chi connectivity index (χ0v) is 17.6. The summed E-state index contributed by atoms with van der Waals surface area (Å²) in [6, 6.07) is 4.47. The number of ether oxygens (including phenoxy) is 1. The summed E-state index contributed by atoms with van der Waals surface area (Å²) in [4.78, 5) is 41.7. The third kappa shape index (κ3) is 4.42. The molecule has 2 aromatic heterocycles. The van der Waals surface area contributed by atoms with E-state index in [0.29, 0.717) is 48.7 Å². The first-order valence-corrected chi connectivity index (χ1v) is 9.97. The van der Waals surface area contributed by atoms with E-state index in [-0.39, 0.29) is 17.4 Å². The molecule has 1 N–H and O–H groups in total. The van der Waals surface area contributed by atoms with Crippen LogP contribution in [0.25, 0.3) is 16.6 Å². The van der Waals surface area contributed by atoms with Gasteiger partial charge in [0.05, 0.1) is 29.0 Å². The fourth-order valence-corrected chi connectivity index (χ4v) is 3.31. The predicted octanol–water partition coefficient (Wildman–Crippen LogP) is 1.94. The van der Waals surface area contributed by atoms with Crippen LogP contribution in [0.5, 0.6) is 5.75 Å². The first kappa shape index (κ1) is 20.6. The molecule has 0 saturated carbocycles. The molecule has 1 aliphatic rings. The largest absolute Gasteiger partial charge is 0.508 e. The Bertz CT molecular complexity index is 1160. The van der Waals surface area contributed by atoms with Crippen LogP contribution in [0.3, 0.4) is 0 Å². The molecule has 3 aromatic rings. The van der Waals surface area contributed by atoms with Crippen LogP contribution in [-0.4, -0.2) is 67.4 Å². The van der Waals surface area contributed by atoms with Gasteiger partial charge in [0, 0.05) is 26.2 Å². The van der Waals surface area contributed by atoms with Gasteiger partial charge in [0.25, 0.3) is 5.56 Å². The molecule has 10 nitrogen and oxygen atoms in total. The third-order valence-electron chi connectivity index (χ3n) is 4.86. The lowest BCUT2D eigenvalue weighted by Gasteiger charge is -2.35. The molecular formula is C21H24N6O4. The number of carbonyl (C=O) groups is 1. The number of carbonyl (C=O) groups excluding carboxylic acids is 1. The van der Waals surface area contributed by atoms with Crippen LogP contribution in [0.15, 0.2) is 41.7 Å². The molecule has 1 aromatic carbocycles. The summed E-state index contributed by atoms with van der Waals surface area (Å²) in [5, 5.41) is 9.98. The second kappa shape index (κ2) is 7.86. The molecule has 0 radical (unpaired) electrons. The van der Waals surface area contributed by atoms with Crippen molar-refractivity contribution in [2.45, 2.75) is 26.4 Å². The van der Waals surface area contributed by atoms with Gasteiger partial charge in [0.15, 0.2) is 0 Å². The summed E-state index contributed by atoms with van der Waals surface area (Å²) in [5.74, 6) is 0.522. The molecule has 1 fully saturated rings. The van der Waals surface area contributed by atoms with E-state index in [1.54, 1.807) is 23.4 Å². The Kier molecular flexibility index (Phi) is 5.22. The molecule has 1 saturated heterocycles. The summed E-state index contributed by atoms with van der Waals surface area (Å²) in [6.07, 6.45) is 4.21. The lowest BCUT2D eigenvalue weighted by molar-refractivity contribution is 0.0240. The Hall–Kier alpha value is -3.69. The van der Waals surface area contributed by atoms with Gasteiger partial charge in [-0.25, -0.2) is 19.7 Å². The van der Waals surface area contributed by atoms with E-state index < -0.39 is 5.60 Å². The normalized spacial score (nSPS) is 14.7. The van der Waals surface area contributed by atoms with Gasteiger partial charge in [-0.05, 0) is 39.0 Å². The van der Waals surface area contributed by atoms with Gasteiger partial charge in [-0.2, -0.15) is 0 Å². The Morgan fingerprint density at radius 1 is 1.06 bits per heavy atom. The average Bonchev–Trinajstić information content (AvgIpc) is 2.74. The van der Waals surface area contributed by atoms with Crippen molar-refractivity contribution in [2.75, 3.05) is 31.1 Å². The van der Waals surface area contributed by atoms with Crippen LogP contribution >= 0.6 is 0 Å². The molecule has 3 heterocycles. The van der Waals surface area contributed by atoms with Crippen molar-refractivity contribution in [3.8, 4) is 11.4 Å². The maximum absolute atomic E-state index is 12.8. The van der Waals surface area contributed by atoms with Gasteiger partial charge < -0.3 is 19.6 Å². The van der Waals surface area contributed by atoms with Gasteiger partial charge in [-0.3, -0.25) is 9.36 Å². The van der Waals surface area contributed by atoms with E-state index in [0.717, 1.165) is 0 Å². The number of aromatic nitrogens is 4. The van der Waals surface area contributed by atoms with E-state index in [1.807, 2.05) is 25.7 Å². The maximum Gasteiger partial charge on any atom is 0.410 e. The van der Waals surface area contributed by atoms with Crippen molar-refractivity contribution in [3.63, 3.8) is 0 Å². The summed E-state index contributed by atoms with van der Waals surface area (Å²) in [7, 11) is 0. The number of anilines is 1. The Labute approximate surface area is 178 Å². The van der Waals surface area contributed by atoms with Gasteiger partial charge in [0.2, 0.25) is 5.95 Å². The number of nitrogens with zero attached hydrogens (tertiary/aromatic N) is 6. The van der Waals surface area contributed by atoms with Crippen LogP contribution in [-0.2, 0) is 4.74 Å². The summed E-state index contributed by atoms with van der Waals surface area (Å²) >= 11 is 0. The van der Waals surface area contributed by atoms with Gasteiger partial charge in [-0.1, -0.05) is 0 Å². The van der Waals surface area contributed by atoms with Gasteiger partial charge >= 0.3 is 6.09 Å². The van der Waals surface area contributed by atoms with E-state index >= 15 is 0 Å². The monoisotopic (exact) mass is 424 g/mol. The van der Waals surface area contributed by atoms with Crippen molar-refractivity contribution in [1.82, 2.24) is 24.4 Å². The fraction of sp³-hybridized carbons (Fsp3) is 0.381. The van der Waals surface area contributed by atoms with Crippen molar-refractivity contribution in [3.05, 3.63) is 47.3 Å². The second-order valence-electron chi connectivity index (χ2n) is 8.32. The molecule has 0 spiro atoms. The lowest BCUT2D eigenvalue weighted by Crippen LogP contribution is -2.50. The summed E-state index contributed by atoms with van der Waals surface area (Å²) in [5.41, 5.74) is 0.128. The molecule has 0 bridgehead atoms. The number of aromatic hydroxyl groups is 1. The minimum absolute atomic E-state index is 0.00118. The van der Waals surface area contributed by atoms with E-state index in [9.17, 15) is 14.7 Å². The second-order valence-corrected chi connectivity index (χ2v) is 8.32. The number of phenolic OH excluding ortho intramolecular Hbond substituents is 1. The van der Waals surface area contributed by atoms with E-state index in [1.165, 1.54) is 23.0 Å². The topological polar surface area (TPSA) is 114 Å². The molecule has 1 amide bonds. The Balaban J connectivity index is 1.47. The molecular weight excluding hydrogens is 400 g/mol. The summed E-state index contributed by atoms with van der Waals surface area (Å²) < 4.78 is 6.75. The minimum atomic E-state index is -0.526. The number of fused-ring (bicyclic) bond motifs is 1. The van der Waals surface area contributed by atoms with E-state index in [2.05, 4.69) is 15.0 Å². The smallest absolute Gasteiger partial charge is 0.410 e. The molecule has 0 aliphatic carbocycles. The zero-order valence-electron chi connectivity index (χ0n) is 17.6. The SMILES string of the molecule is CC(C)(C)OC(=O)N1CCN(c2ncc(-n3cnc4ccc(O)cc4c3=O)cn2)CC1. The highest BCUT2D eigenvalue weighted by atomic mass is 16.6. The third-order valence-corrected chi connectivity index (χ3v) is 4.86. The van der Waals surface area contributed by atoms with E-state index in [4.69, 9.17) is 4.74 Å². The van der Waals surface area contributed by atoms with Crippen LogP contribution in [0.4, 0.5) is 10.7 Å². The van der Waals surface area contributed by atoms with Crippen LogP contribution < -0.4 is 10.5 Å². The first-order chi connectivity index (χ1) is 14.7. The maximum atomic E-state index is 12.8. The number of amides is 1. The molecule has 1 aliphatic heterocycles. The van der Waals surface area contributed by atoms with Crippen molar-refractivity contribution in [2.24, 2.45) is 0 Å². The number of hydrogen-bond donors (Lipinski definition) is 1. The predicted molar refractivity (Wildman–Crippen MR) is 115 cm³/mol. The Morgan fingerprint density at radius 3 is 2.39 bits per heavy atom. The summed E-state index contributed by atoms with van der Waals surface area (Å²) in [6.45, 7) is 7.71. The average molecular weight is 424 g/mol. The number of benzene rings is 1. The zero-order chi connectivity index (χ0) is 22.2. The standard InChI is InChI=1S/C21H24N6O4/c1-21(2,3)31-20(30)26-8-6-25(7-9-26)19-22-11-14(12-23-19)27-13-24-17-5-4-15(28)10-16(17)18(27)29/h4-5,10-13,28H,6-9H2,1-3H3. The molecule has 162 valence electrons. The van der Waals surface area contributed by atoms with Crippen molar-refractivity contribution >= 4 is 22.9 Å². The highest BCUT2D eigenvalue weighted by molar-refractivity contribution is 5.79. The van der Waals surface area contributed by atoms with Gasteiger partial charge in [-0.15, -0.1) is 0 Å². The molecule has 31 heavy (non-hydrogen) atoms. The molecule has 0 unspecified atom stereocenters. The highest BCUT2D eigenvalue weighted by Gasteiger charge is 2.26. The van der Waals surface area contributed by atoms with Crippen molar-refractivity contribution < 1.29 is 14.6 Å². The first-order valence-electron chi connectivity index (χ1n) is 9.97. The lowest BCUT2D eigenvalue weighted by atomic mass is 10.2. The highest BCUT2D eigenvalue weighted by Crippen LogP contribution is 2.17. The number of piperazine rings is 1. The van der Waals surface area contributed by atoms with Crippen LogP contribution in [0, 0.1) is 0 Å². The fourth-order valence-electron chi connectivity index (χ4n) is 3.31. The minimum Gasteiger partial charge on any atom is -0.508 e. The quantitative estimate of drug-likeness (QED) is 0.664. The number of hydrogen-bond acceptors (Lipinski definition) is 8.